The third kappa shape index (κ3) is 2.22. The first kappa shape index (κ1) is 11.9. The zero-order valence-corrected chi connectivity index (χ0v) is 11.1. The van der Waals surface area contributed by atoms with E-state index in [1.54, 1.807) is 23.5 Å². The van der Waals surface area contributed by atoms with Crippen molar-refractivity contribution < 1.29 is 4.92 Å². The van der Waals surface area contributed by atoms with Crippen molar-refractivity contribution in [3.63, 3.8) is 0 Å². The predicted molar refractivity (Wildman–Crippen MR) is 74.5 cm³/mol. The summed E-state index contributed by atoms with van der Waals surface area (Å²) in [5.41, 5.74) is 1.12. The van der Waals surface area contributed by atoms with Gasteiger partial charge in [0, 0.05) is 40.3 Å². The molecule has 2 heterocycles. The van der Waals surface area contributed by atoms with E-state index in [0.717, 1.165) is 22.5 Å². The lowest BCUT2D eigenvalue weighted by atomic mass is 10.2. The fourth-order valence-corrected chi connectivity index (χ4v) is 2.88. The van der Waals surface area contributed by atoms with Gasteiger partial charge in [0.2, 0.25) is 0 Å². The van der Waals surface area contributed by atoms with Crippen molar-refractivity contribution in [3.05, 3.63) is 56.7 Å². The van der Waals surface area contributed by atoms with Crippen LogP contribution in [0.3, 0.4) is 0 Å². The lowest BCUT2D eigenvalue weighted by molar-refractivity contribution is -0.384. The first-order valence-electron chi connectivity index (χ1n) is 5.78. The number of hydrogen-bond donors (Lipinski definition) is 0. The van der Waals surface area contributed by atoms with Gasteiger partial charge in [0.1, 0.15) is 0 Å². The van der Waals surface area contributed by atoms with Crippen molar-refractivity contribution in [1.82, 2.24) is 9.55 Å². The van der Waals surface area contributed by atoms with E-state index in [0.29, 0.717) is 0 Å². The van der Waals surface area contributed by atoms with E-state index in [9.17, 15) is 10.1 Å². The SMILES string of the molecule is Cc1ncc(Cn2ccc3cc([N+](=O)[O-])ccc32)s1. The van der Waals surface area contributed by atoms with E-state index in [1.807, 2.05) is 25.4 Å². The minimum absolute atomic E-state index is 0.124. The average molecular weight is 273 g/mol. The third-order valence-electron chi connectivity index (χ3n) is 2.96. The van der Waals surface area contributed by atoms with Crippen molar-refractivity contribution in [2.24, 2.45) is 0 Å². The summed E-state index contributed by atoms with van der Waals surface area (Å²) in [5, 5.41) is 12.7. The van der Waals surface area contributed by atoms with Gasteiger partial charge in [-0.05, 0) is 19.1 Å². The Kier molecular flexibility index (Phi) is 2.79. The lowest BCUT2D eigenvalue weighted by Gasteiger charge is -2.02. The summed E-state index contributed by atoms with van der Waals surface area (Å²) in [7, 11) is 0. The van der Waals surface area contributed by atoms with Gasteiger partial charge in [-0.2, -0.15) is 0 Å². The van der Waals surface area contributed by atoms with Gasteiger partial charge < -0.3 is 4.57 Å². The minimum Gasteiger partial charge on any atom is -0.342 e. The van der Waals surface area contributed by atoms with Crippen LogP contribution in [0.2, 0.25) is 0 Å². The Morgan fingerprint density at radius 3 is 2.95 bits per heavy atom. The van der Waals surface area contributed by atoms with Crippen molar-refractivity contribution in [2.75, 3.05) is 0 Å². The van der Waals surface area contributed by atoms with Gasteiger partial charge in [-0.15, -0.1) is 11.3 Å². The number of aromatic nitrogens is 2. The standard InChI is InChI=1S/C13H11N3O2S/c1-9-14-7-12(19-9)8-15-5-4-10-6-11(16(17)18)2-3-13(10)15/h2-7H,8H2,1H3. The summed E-state index contributed by atoms with van der Waals surface area (Å²) < 4.78 is 2.08. The summed E-state index contributed by atoms with van der Waals surface area (Å²) >= 11 is 1.66. The number of hydrogen-bond acceptors (Lipinski definition) is 4. The molecule has 0 saturated carbocycles. The summed E-state index contributed by atoms with van der Waals surface area (Å²) in [5.74, 6) is 0. The maximum atomic E-state index is 10.7. The molecule has 19 heavy (non-hydrogen) atoms. The highest BCUT2D eigenvalue weighted by Gasteiger charge is 2.09. The molecule has 0 bridgehead atoms. The third-order valence-corrected chi connectivity index (χ3v) is 3.86. The topological polar surface area (TPSA) is 61.0 Å². The fraction of sp³-hybridized carbons (Fsp3) is 0.154. The molecule has 1 aromatic carbocycles. The maximum Gasteiger partial charge on any atom is 0.270 e. The Balaban J connectivity index is 1.99. The quantitative estimate of drug-likeness (QED) is 0.543. The monoisotopic (exact) mass is 273 g/mol. The molecule has 0 unspecified atom stereocenters. The van der Waals surface area contributed by atoms with Crippen LogP contribution in [-0.2, 0) is 6.54 Å². The fourth-order valence-electron chi connectivity index (χ4n) is 2.09. The number of aryl methyl sites for hydroxylation is 1. The van der Waals surface area contributed by atoms with Crippen molar-refractivity contribution >= 4 is 27.9 Å². The van der Waals surface area contributed by atoms with E-state index in [-0.39, 0.29) is 10.6 Å². The Labute approximate surface area is 113 Å². The molecular weight excluding hydrogens is 262 g/mol. The normalized spacial score (nSPS) is 11.0. The molecule has 0 amide bonds. The lowest BCUT2D eigenvalue weighted by Crippen LogP contribution is -1.95. The highest BCUT2D eigenvalue weighted by molar-refractivity contribution is 7.11. The molecule has 0 aliphatic heterocycles. The molecule has 0 spiro atoms. The molecule has 0 aliphatic rings. The van der Waals surface area contributed by atoms with Crippen molar-refractivity contribution in [3.8, 4) is 0 Å². The number of non-ortho nitro benzene ring substituents is 1. The van der Waals surface area contributed by atoms with Crippen LogP contribution in [0.5, 0.6) is 0 Å². The molecule has 0 atom stereocenters. The van der Waals surface area contributed by atoms with Gasteiger partial charge in [-0.25, -0.2) is 4.98 Å². The number of nitrogens with zero attached hydrogens (tertiary/aromatic N) is 3. The zero-order valence-electron chi connectivity index (χ0n) is 10.2. The molecule has 6 heteroatoms. The second kappa shape index (κ2) is 4.47. The summed E-state index contributed by atoms with van der Waals surface area (Å²) in [6.07, 6.45) is 3.82. The van der Waals surface area contributed by atoms with Gasteiger partial charge in [-0.3, -0.25) is 10.1 Å². The average Bonchev–Trinajstić information content (AvgIpc) is 2.96. The van der Waals surface area contributed by atoms with Crippen LogP contribution in [0.15, 0.2) is 36.7 Å². The molecule has 2 aromatic heterocycles. The van der Waals surface area contributed by atoms with Gasteiger partial charge in [-0.1, -0.05) is 0 Å². The van der Waals surface area contributed by atoms with Crippen LogP contribution >= 0.6 is 11.3 Å². The molecule has 3 rings (SSSR count). The number of rotatable bonds is 3. The number of fused-ring (bicyclic) bond motifs is 1. The van der Waals surface area contributed by atoms with E-state index in [1.165, 1.54) is 10.9 Å². The van der Waals surface area contributed by atoms with E-state index >= 15 is 0 Å². The van der Waals surface area contributed by atoms with Gasteiger partial charge in [0.15, 0.2) is 0 Å². The van der Waals surface area contributed by atoms with Crippen molar-refractivity contribution in [1.29, 1.82) is 0 Å². The van der Waals surface area contributed by atoms with Crippen LogP contribution < -0.4 is 0 Å². The molecule has 0 aliphatic carbocycles. The van der Waals surface area contributed by atoms with Crippen LogP contribution in [-0.4, -0.2) is 14.5 Å². The molecular formula is C13H11N3O2S. The van der Waals surface area contributed by atoms with Crippen LogP contribution in [0.1, 0.15) is 9.88 Å². The van der Waals surface area contributed by atoms with E-state index in [2.05, 4.69) is 9.55 Å². The van der Waals surface area contributed by atoms with Gasteiger partial charge in [0.25, 0.3) is 5.69 Å². The Morgan fingerprint density at radius 2 is 2.26 bits per heavy atom. The molecule has 0 saturated heterocycles. The maximum absolute atomic E-state index is 10.7. The molecule has 0 N–H and O–H groups in total. The predicted octanol–water partition coefficient (Wildman–Crippen LogP) is 3.36. The summed E-state index contributed by atoms with van der Waals surface area (Å²) in [6.45, 7) is 2.72. The number of benzene rings is 1. The number of nitro benzene ring substituents is 1. The highest BCUT2D eigenvalue weighted by atomic mass is 32.1. The number of nitro groups is 1. The van der Waals surface area contributed by atoms with Crippen LogP contribution in [0.4, 0.5) is 5.69 Å². The van der Waals surface area contributed by atoms with Crippen LogP contribution in [0.25, 0.3) is 10.9 Å². The number of thiazole rings is 1. The first-order valence-corrected chi connectivity index (χ1v) is 6.60. The zero-order chi connectivity index (χ0) is 13.4. The molecule has 96 valence electrons. The second-order valence-corrected chi connectivity index (χ2v) is 5.61. The molecule has 0 radical (unpaired) electrons. The van der Waals surface area contributed by atoms with Gasteiger partial charge in [0.05, 0.1) is 16.5 Å². The highest BCUT2D eigenvalue weighted by Crippen LogP contribution is 2.23. The first-order chi connectivity index (χ1) is 9.13. The Bertz CT molecular complexity index is 760. The minimum atomic E-state index is -0.372. The second-order valence-electron chi connectivity index (χ2n) is 4.29. The largest absolute Gasteiger partial charge is 0.342 e. The van der Waals surface area contributed by atoms with Crippen molar-refractivity contribution in [2.45, 2.75) is 13.5 Å². The summed E-state index contributed by atoms with van der Waals surface area (Å²) in [4.78, 5) is 15.8. The molecule has 5 nitrogen and oxygen atoms in total. The van der Waals surface area contributed by atoms with Gasteiger partial charge >= 0.3 is 0 Å². The van der Waals surface area contributed by atoms with E-state index in [4.69, 9.17) is 0 Å². The summed E-state index contributed by atoms with van der Waals surface area (Å²) in [6, 6.07) is 6.83. The van der Waals surface area contributed by atoms with E-state index < -0.39 is 0 Å². The smallest absolute Gasteiger partial charge is 0.270 e. The van der Waals surface area contributed by atoms with Crippen LogP contribution in [0, 0.1) is 17.0 Å². The molecule has 3 aromatic rings. The molecule has 0 fully saturated rings. The Morgan fingerprint density at radius 1 is 1.42 bits per heavy atom. The Hall–Kier alpha value is -2.21.